The van der Waals surface area contributed by atoms with Crippen LogP contribution in [-0.2, 0) is 19.8 Å². The van der Waals surface area contributed by atoms with E-state index in [4.69, 9.17) is 9.47 Å². The first kappa shape index (κ1) is 16.0. The molecule has 1 fully saturated rings. The van der Waals surface area contributed by atoms with Crippen LogP contribution in [0.25, 0.3) is 0 Å². The summed E-state index contributed by atoms with van der Waals surface area (Å²) in [4.78, 5) is 12.4. The maximum atomic E-state index is 12.4. The van der Waals surface area contributed by atoms with E-state index in [0.29, 0.717) is 6.54 Å². The molecule has 4 nitrogen and oxygen atoms in total. The molecule has 1 aromatic rings. The molecule has 0 aromatic heterocycles. The minimum absolute atomic E-state index is 0.180. The van der Waals surface area contributed by atoms with Gasteiger partial charge >= 0.3 is 5.97 Å². The van der Waals surface area contributed by atoms with Crippen LogP contribution >= 0.6 is 0 Å². The van der Waals surface area contributed by atoms with E-state index < -0.39 is 5.54 Å². The van der Waals surface area contributed by atoms with E-state index in [-0.39, 0.29) is 12.1 Å². The van der Waals surface area contributed by atoms with Crippen molar-refractivity contribution in [3.63, 3.8) is 0 Å². The average molecular weight is 291 g/mol. The van der Waals surface area contributed by atoms with Crippen molar-refractivity contribution in [3.8, 4) is 0 Å². The van der Waals surface area contributed by atoms with Crippen LogP contribution in [-0.4, -0.2) is 32.3 Å². The first-order chi connectivity index (χ1) is 9.97. The zero-order chi connectivity index (χ0) is 15.5. The summed E-state index contributed by atoms with van der Waals surface area (Å²) in [6, 6.07) is 6.14. The van der Waals surface area contributed by atoms with Gasteiger partial charge in [-0.1, -0.05) is 23.8 Å². The smallest absolute Gasteiger partial charge is 0.330 e. The Morgan fingerprint density at radius 2 is 2.24 bits per heavy atom. The Bertz CT molecular complexity index is 509. The van der Waals surface area contributed by atoms with Crippen molar-refractivity contribution in [2.75, 3.05) is 20.3 Å². The lowest BCUT2D eigenvalue weighted by Crippen LogP contribution is -2.50. The van der Waals surface area contributed by atoms with Crippen molar-refractivity contribution in [2.24, 2.45) is 0 Å². The van der Waals surface area contributed by atoms with Gasteiger partial charge in [-0.2, -0.15) is 0 Å². The largest absolute Gasteiger partial charge is 0.467 e. The lowest BCUT2D eigenvalue weighted by atomic mass is 9.87. The Balaban J connectivity index is 2.27. The van der Waals surface area contributed by atoms with Crippen LogP contribution in [0.3, 0.4) is 0 Å². The Morgan fingerprint density at radius 1 is 1.48 bits per heavy atom. The summed E-state index contributed by atoms with van der Waals surface area (Å²) in [5, 5.41) is 3.37. The molecular formula is C17H25NO3. The van der Waals surface area contributed by atoms with Crippen molar-refractivity contribution >= 4 is 5.97 Å². The summed E-state index contributed by atoms with van der Waals surface area (Å²) in [6.07, 6.45) is 2.31. The number of methoxy groups -OCH3 is 1. The number of rotatable bonds is 5. The summed E-state index contributed by atoms with van der Waals surface area (Å²) in [6.45, 7) is 7.39. The quantitative estimate of drug-likeness (QED) is 0.847. The summed E-state index contributed by atoms with van der Waals surface area (Å²) in [5.74, 6) is -0.269. The van der Waals surface area contributed by atoms with E-state index in [1.807, 2.05) is 26.8 Å². The third kappa shape index (κ3) is 3.44. The monoisotopic (exact) mass is 291 g/mol. The highest BCUT2D eigenvalue weighted by Gasteiger charge is 2.38. The van der Waals surface area contributed by atoms with Crippen LogP contribution < -0.4 is 5.32 Å². The standard InChI is InChI=1S/C17H25NO3/c1-12-7-8-13(2)15(10-12)17(3,16(19)20-4)18-11-14-6-5-9-21-14/h7-8,10,14,18H,5-6,9,11H2,1-4H3. The van der Waals surface area contributed by atoms with E-state index in [2.05, 4.69) is 17.4 Å². The van der Waals surface area contributed by atoms with E-state index >= 15 is 0 Å². The van der Waals surface area contributed by atoms with Crippen molar-refractivity contribution < 1.29 is 14.3 Å². The molecule has 1 aromatic carbocycles. The topological polar surface area (TPSA) is 47.6 Å². The van der Waals surface area contributed by atoms with Gasteiger partial charge in [-0.05, 0) is 44.7 Å². The Labute approximate surface area is 126 Å². The van der Waals surface area contributed by atoms with E-state index in [1.54, 1.807) is 0 Å². The molecule has 21 heavy (non-hydrogen) atoms. The van der Waals surface area contributed by atoms with Gasteiger partial charge in [-0.25, -0.2) is 4.79 Å². The third-order valence-electron chi connectivity index (χ3n) is 4.23. The lowest BCUT2D eigenvalue weighted by molar-refractivity contribution is -0.148. The number of esters is 1. The number of carbonyl (C=O) groups excluding carboxylic acids is 1. The zero-order valence-corrected chi connectivity index (χ0v) is 13.4. The summed E-state index contributed by atoms with van der Waals surface area (Å²) in [5.41, 5.74) is 2.32. The lowest BCUT2D eigenvalue weighted by Gasteiger charge is -2.31. The molecule has 116 valence electrons. The molecule has 2 atom stereocenters. The molecule has 1 aliphatic rings. The fraction of sp³-hybridized carbons (Fsp3) is 0.588. The van der Waals surface area contributed by atoms with Crippen LogP contribution in [0, 0.1) is 13.8 Å². The molecule has 1 N–H and O–H groups in total. The van der Waals surface area contributed by atoms with Gasteiger partial charge in [0.2, 0.25) is 0 Å². The minimum Gasteiger partial charge on any atom is -0.467 e. The normalized spacial score (nSPS) is 21.0. The van der Waals surface area contributed by atoms with Gasteiger partial charge in [-0.15, -0.1) is 0 Å². The van der Waals surface area contributed by atoms with Crippen molar-refractivity contribution in [1.82, 2.24) is 5.32 Å². The van der Waals surface area contributed by atoms with Gasteiger partial charge < -0.3 is 9.47 Å². The SMILES string of the molecule is COC(=O)C(C)(NCC1CCCO1)c1cc(C)ccc1C. The Morgan fingerprint density at radius 3 is 2.86 bits per heavy atom. The number of benzene rings is 1. The second-order valence-electron chi connectivity index (χ2n) is 5.95. The summed E-state index contributed by atoms with van der Waals surface area (Å²) in [7, 11) is 1.43. The van der Waals surface area contributed by atoms with E-state index in [0.717, 1.165) is 36.1 Å². The van der Waals surface area contributed by atoms with Gasteiger partial charge in [-0.3, -0.25) is 5.32 Å². The van der Waals surface area contributed by atoms with Gasteiger partial charge in [0.15, 0.2) is 0 Å². The van der Waals surface area contributed by atoms with Crippen LogP contribution in [0.5, 0.6) is 0 Å². The van der Waals surface area contributed by atoms with Crippen LogP contribution in [0.2, 0.25) is 0 Å². The fourth-order valence-corrected chi connectivity index (χ4v) is 2.88. The molecule has 0 amide bonds. The molecule has 1 heterocycles. The van der Waals surface area contributed by atoms with Crippen LogP contribution in [0.1, 0.15) is 36.5 Å². The van der Waals surface area contributed by atoms with Crippen LogP contribution in [0.4, 0.5) is 0 Å². The fourth-order valence-electron chi connectivity index (χ4n) is 2.88. The predicted molar refractivity (Wildman–Crippen MR) is 82.3 cm³/mol. The number of hydrogen-bond donors (Lipinski definition) is 1. The molecule has 4 heteroatoms. The molecule has 2 unspecified atom stereocenters. The molecule has 0 saturated carbocycles. The van der Waals surface area contributed by atoms with Crippen LogP contribution in [0.15, 0.2) is 18.2 Å². The summed E-state index contributed by atoms with van der Waals surface area (Å²) < 4.78 is 10.7. The second-order valence-corrected chi connectivity index (χ2v) is 5.95. The minimum atomic E-state index is -0.850. The zero-order valence-electron chi connectivity index (χ0n) is 13.4. The highest BCUT2D eigenvalue weighted by molar-refractivity contribution is 5.82. The average Bonchev–Trinajstić information content (AvgIpc) is 2.99. The van der Waals surface area contributed by atoms with Crippen molar-refractivity contribution in [3.05, 3.63) is 34.9 Å². The first-order valence-electron chi connectivity index (χ1n) is 7.50. The first-order valence-corrected chi connectivity index (χ1v) is 7.50. The third-order valence-corrected chi connectivity index (χ3v) is 4.23. The number of hydrogen-bond acceptors (Lipinski definition) is 4. The highest BCUT2D eigenvalue weighted by atomic mass is 16.5. The van der Waals surface area contributed by atoms with Crippen molar-refractivity contribution in [1.29, 1.82) is 0 Å². The van der Waals surface area contributed by atoms with E-state index in [9.17, 15) is 4.79 Å². The number of ether oxygens (including phenoxy) is 2. The highest BCUT2D eigenvalue weighted by Crippen LogP contribution is 2.27. The number of aryl methyl sites for hydroxylation is 2. The Hall–Kier alpha value is -1.39. The van der Waals surface area contributed by atoms with Crippen molar-refractivity contribution in [2.45, 2.75) is 45.3 Å². The molecule has 1 aliphatic heterocycles. The maximum absolute atomic E-state index is 12.4. The Kier molecular flexibility index (Phi) is 5.01. The molecule has 0 aliphatic carbocycles. The molecular weight excluding hydrogens is 266 g/mol. The molecule has 0 spiro atoms. The van der Waals surface area contributed by atoms with Gasteiger partial charge in [0.05, 0.1) is 13.2 Å². The second kappa shape index (κ2) is 6.58. The number of carbonyl (C=O) groups is 1. The van der Waals surface area contributed by atoms with Gasteiger partial charge in [0.1, 0.15) is 5.54 Å². The molecule has 1 saturated heterocycles. The summed E-state index contributed by atoms with van der Waals surface area (Å²) >= 11 is 0. The predicted octanol–water partition coefficient (Wildman–Crippen LogP) is 2.46. The molecule has 0 bridgehead atoms. The molecule has 0 radical (unpaired) electrons. The maximum Gasteiger partial charge on any atom is 0.330 e. The molecule has 2 rings (SSSR count). The number of nitrogens with one attached hydrogen (secondary N) is 1. The van der Waals surface area contributed by atoms with Gasteiger partial charge in [0, 0.05) is 13.2 Å². The van der Waals surface area contributed by atoms with E-state index in [1.165, 1.54) is 7.11 Å². The van der Waals surface area contributed by atoms with Gasteiger partial charge in [0.25, 0.3) is 0 Å².